The number of benzene rings is 1. The molecule has 0 spiro atoms. The topological polar surface area (TPSA) is 41.6 Å². The molecule has 0 N–H and O–H groups in total. The molecule has 0 aliphatic carbocycles. The summed E-state index contributed by atoms with van der Waals surface area (Å²) in [6, 6.07) is 5.05. The van der Waals surface area contributed by atoms with E-state index in [2.05, 4.69) is 5.10 Å². The van der Waals surface area contributed by atoms with Crippen molar-refractivity contribution in [2.24, 2.45) is 7.05 Å². The molecule has 0 fully saturated rings. The highest BCUT2D eigenvalue weighted by molar-refractivity contribution is 6.33. The molecule has 0 aliphatic heterocycles. The molecule has 2 rings (SSSR count). The van der Waals surface area contributed by atoms with Crippen molar-refractivity contribution in [3.05, 3.63) is 40.3 Å². The van der Waals surface area contributed by atoms with E-state index >= 15 is 0 Å². The molecule has 1 aromatic heterocycles. The predicted octanol–water partition coefficient (Wildman–Crippen LogP) is 3.77. The Morgan fingerprint density at radius 3 is 2.45 bits per heavy atom. The minimum atomic E-state index is -4.70. The molecule has 0 atom stereocenters. The highest BCUT2D eigenvalue weighted by atomic mass is 35.5. The number of rotatable bonds is 1. The van der Waals surface area contributed by atoms with Gasteiger partial charge < -0.3 is 0 Å². The molecule has 0 saturated carbocycles. The zero-order valence-corrected chi connectivity index (χ0v) is 10.7. The largest absolute Gasteiger partial charge is 0.436 e. The maximum atomic E-state index is 13.5. The number of aromatic nitrogens is 2. The Bertz CT molecular complexity index is 713. The number of nitrogens with zero attached hydrogens (tertiary/aromatic N) is 3. The molecule has 0 saturated heterocycles. The summed E-state index contributed by atoms with van der Waals surface area (Å²) in [7, 11) is 1.27. The van der Waals surface area contributed by atoms with E-state index in [4.69, 9.17) is 16.9 Å². The number of hydrogen-bond donors (Lipinski definition) is 0. The number of aryl methyl sites for hydroxylation is 1. The minimum absolute atomic E-state index is 0.0672. The van der Waals surface area contributed by atoms with Gasteiger partial charge in [-0.3, -0.25) is 4.68 Å². The average Bonchev–Trinajstić information content (AvgIpc) is 2.64. The second-order valence-corrected chi connectivity index (χ2v) is 4.32. The molecule has 1 heterocycles. The van der Waals surface area contributed by atoms with E-state index in [9.17, 15) is 17.6 Å². The van der Waals surface area contributed by atoms with Gasteiger partial charge in [0.05, 0.1) is 16.3 Å². The van der Waals surface area contributed by atoms with Crippen LogP contribution in [0.15, 0.2) is 18.2 Å². The Morgan fingerprint density at radius 2 is 2.00 bits per heavy atom. The van der Waals surface area contributed by atoms with Gasteiger partial charge in [0, 0.05) is 12.6 Å². The number of alkyl halides is 3. The highest BCUT2D eigenvalue weighted by Crippen LogP contribution is 2.39. The molecular formula is C12H6ClF4N3. The Balaban J connectivity index is 2.63. The molecule has 104 valence electrons. The zero-order valence-electron chi connectivity index (χ0n) is 9.96. The number of nitriles is 1. The van der Waals surface area contributed by atoms with Crippen LogP contribution in [0.5, 0.6) is 0 Å². The average molecular weight is 304 g/mol. The van der Waals surface area contributed by atoms with Crippen molar-refractivity contribution >= 4 is 11.6 Å². The normalized spacial score (nSPS) is 11.4. The molecular weight excluding hydrogens is 298 g/mol. The van der Waals surface area contributed by atoms with Crippen molar-refractivity contribution in [3.8, 4) is 17.3 Å². The lowest BCUT2D eigenvalue weighted by atomic mass is 10.1. The van der Waals surface area contributed by atoms with E-state index in [0.29, 0.717) is 0 Å². The molecule has 3 nitrogen and oxygen atoms in total. The lowest BCUT2D eigenvalue weighted by Gasteiger charge is -2.04. The van der Waals surface area contributed by atoms with Crippen LogP contribution in [-0.2, 0) is 13.2 Å². The second kappa shape index (κ2) is 4.80. The molecule has 0 unspecified atom stereocenters. The molecule has 20 heavy (non-hydrogen) atoms. The predicted molar refractivity (Wildman–Crippen MR) is 63.3 cm³/mol. The third-order valence-electron chi connectivity index (χ3n) is 2.62. The summed E-state index contributed by atoms with van der Waals surface area (Å²) in [5.74, 6) is -0.837. The van der Waals surface area contributed by atoms with Crippen LogP contribution in [0.25, 0.3) is 11.3 Å². The van der Waals surface area contributed by atoms with Gasteiger partial charge in [0.15, 0.2) is 5.69 Å². The molecule has 2 aromatic rings. The Labute approximate surface area is 116 Å². The van der Waals surface area contributed by atoms with Crippen molar-refractivity contribution in [3.63, 3.8) is 0 Å². The van der Waals surface area contributed by atoms with Gasteiger partial charge in [-0.15, -0.1) is 0 Å². The second-order valence-electron chi connectivity index (χ2n) is 3.94. The molecule has 0 amide bonds. The molecule has 0 radical (unpaired) electrons. The summed E-state index contributed by atoms with van der Waals surface area (Å²) < 4.78 is 52.5. The highest BCUT2D eigenvalue weighted by Gasteiger charge is 2.38. The van der Waals surface area contributed by atoms with Crippen molar-refractivity contribution in [2.45, 2.75) is 6.18 Å². The van der Waals surface area contributed by atoms with Gasteiger partial charge in [-0.2, -0.15) is 23.5 Å². The van der Waals surface area contributed by atoms with Crippen LogP contribution in [0.2, 0.25) is 5.02 Å². The molecule has 8 heteroatoms. The van der Waals surface area contributed by atoms with Crippen molar-refractivity contribution < 1.29 is 17.6 Å². The van der Waals surface area contributed by atoms with E-state index in [1.54, 1.807) is 6.07 Å². The van der Waals surface area contributed by atoms with Gasteiger partial charge in [-0.25, -0.2) is 4.39 Å². The zero-order chi connectivity index (χ0) is 15.1. The maximum absolute atomic E-state index is 13.5. The van der Waals surface area contributed by atoms with Crippen LogP contribution in [0.3, 0.4) is 0 Å². The van der Waals surface area contributed by atoms with E-state index in [0.717, 1.165) is 10.7 Å². The van der Waals surface area contributed by atoms with E-state index < -0.39 is 22.7 Å². The quantitative estimate of drug-likeness (QED) is 0.753. The van der Waals surface area contributed by atoms with Crippen molar-refractivity contribution in [1.29, 1.82) is 5.26 Å². The lowest BCUT2D eigenvalue weighted by Crippen LogP contribution is -2.07. The van der Waals surface area contributed by atoms with Gasteiger partial charge in [-0.1, -0.05) is 17.7 Å². The van der Waals surface area contributed by atoms with Crippen molar-refractivity contribution in [2.75, 3.05) is 0 Å². The lowest BCUT2D eigenvalue weighted by molar-refractivity contribution is -0.141. The first-order chi connectivity index (χ1) is 9.25. The first-order valence-corrected chi connectivity index (χ1v) is 5.63. The molecule has 1 aromatic carbocycles. The summed E-state index contributed by atoms with van der Waals surface area (Å²) >= 11 is 5.68. The van der Waals surface area contributed by atoms with E-state index in [-0.39, 0.29) is 16.8 Å². The van der Waals surface area contributed by atoms with Crippen LogP contribution in [0, 0.1) is 17.1 Å². The standard InChI is InChI=1S/C12H6ClF4N3/c1-20-10(9(13)11(19-20)12(15,16)17)6-2-3-7(5-18)8(14)4-6/h2-4H,1H3. The van der Waals surface area contributed by atoms with Crippen LogP contribution < -0.4 is 0 Å². The van der Waals surface area contributed by atoms with Gasteiger partial charge in [-0.05, 0) is 12.1 Å². The third kappa shape index (κ3) is 2.34. The third-order valence-corrected chi connectivity index (χ3v) is 2.98. The maximum Gasteiger partial charge on any atom is 0.436 e. The smallest absolute Gasteiger partial charge is 0.266 e. The SMILES string of the molecule is Cn1nc(C(F)(F)F)c(Cl)c1-c1ccc(C#N)c(F)c1. The van der Waals surface area contributed by atoms with E-state index in [1.165, 1.54) is 19.2 Å². The Kier molecular flexibility index (Phi) is 3.44. The number of halogens is 5. The van der Waals surface area contributed by atoms with Crippen molar-refractivity contribution in [1.82, 2.24) is 9.78 Å². The van der Waals surface area contributed by atoms with Crippen LogP contribution >= 0.6 is 11.6 Å². The van der Waals surface area contributed by atoms with Crippen LogP contribution in [0.1, 0.15) is 11.3 Å². The minimum Gasteiger partial charge on any atom is -0.266 e. The first-order valence-electron chi connectivity index (χ1n) is 5.25. The fourth-order valence-electron chi connectivity index (χ4n) is 1.75. The van der Waals surface area contributed by atoms with E-state index in [1.807, 2.05) is 0 Å². The first kappa shape index (κ1) is 14.3. The van der Waals surface area contributed by atoms with Crippen LogP contribution in [0.4, 0.5) is 17.6 Å². The Morgan fingerprint density at radius 1 is 1.35 bits per heavy atom. The summed E-state index contributed by atoms with van der Waals surface area (Å²) in [5.41, 5.74) is -1.40. The summed E-state index contributed by atoms with van der Waals surface area (Å²) in [6.45, 7) is 0. The monoisotopic (exact) mass is 303 g/mol. The molecule has 0 aliphatic rings. The summed E-state index contributed by atoms with van der Waals surface area (Å²) in [5, 5.41) is 11.3. The molecule has 0 bridgehead atoms. The van der Waals surface area contributed by atoms with Gasteiger partial charge in [0.1, 0.15) is 11.9 Å². The summed E-state index contributed by atoms with van der Waals surface area (Å²) in [6.07, 6.45) is -4.70. The fraction of sp³-hybridized carbons (Fsp3) is 0.167. The number of hydrogen-bond acceptors (Lipinski definition) is 2. The van der Waals surface area contributed by atoms with Gasteiger partial charge in [0.25, 0.3) is 0 Å². The fourth-order valence-corrected chi connectivity index (χ4v) is 2.12. The summed E-state index contributed by atoms with van der Waals surface area (Å²) in [4.78, 5) is 0. The van der Waals surface area contributed by atoms with Gasteiger partial charge in [0.2, 0.25) is 0 Å². The van der Waals surface area contributed by atoms with Crippen LogP contribution in [-0.4, -0.2) is 9.78 Å². The Hall–Kier alpha value is -2.07. The van der Waals surface area contributed by atoms with Gasteiger partial charge >= 0.3 is 6.18 Å².